The summed E-state index contributed by atoms with van der Waals surface area (Å²) >= 11 is 1.74. The second-order valence-electron chi connectivity index (χ2n) is 4.76. The Morgan fingerprint density at radius 3 is 2.93 bits per heavy atom. The van der Waals surface area contributed by atoms with E-state index in [-0.39, 0.29) is 0 Å². The maximum Gasteiger partial charge on any atom is 0.0794 e. The summed E-state index contributed by atoms with van der Waals surface area (Å²) in [5, 5.41) is 3.64. The second kappa shape index (κ2) is 4.62. The van der Waals surface area contributed by atoms with Crippen LogP contribution in [-0.2, 0) is 0 Å². The van der Waals surface area contributed by atoms with Crippen molar-refractivity contribution in [1.29, 1.82) is 0 Å². The van der Waals surface area contributed by atoms with Crippen LogP contribution in [0.2, 0.25) is 0 Å². The number of aromatic nitrogens is 1. The quantitative estimate of drug-likeness (QED) is 0.801. The van der Waals surface area contributed by atoms with Crippen molar-refractivity contribution in [1.82, 2.24) is 10.3 Å². The molecule has 84 valence electrons. The number of hydrogen-bond acceptors (Lipinski definition) is 3. The van der Waals surface area contributed by atoms with Crippen LogP contribution >= 0.6 is 11.3 Å². The van der Waals surface area contributed by atoms with Crippen LogP contribution in [0.1, 0.15) is 50.4 Å². The highest BCUT2D eigenvalue weighted by molar-refractivity contribution is 7.09. The van der Waals surface area contributed by atoms with E-state index >= 15 is 0 Å². The summed E-state index contributed by atoms with van der Waals surface area (Å²) in [5.74, 6) is 0. The topological polar surface area (TPSA) is 24.9 Å². The van der Waals surface area contributed by atoms with Crippen LogP contribution in [0.5, 0.6) is 0 Å². The van der Waals surface area contributed by atoms with Gasteiger partial charge in [-0.1, -0.05) is 13.3 Å². The largest absolute Gasteiger partial charge is 0.309 e. The van der Waals surface area contributed by atoms with Crippen molar-refractivity contribution in [2.45, 2.75) is 45.6 Å². The van der Waals surface area contributed by atoms with Crippen molar-refractivity contribution in [2.24, 2.45) is 5.41 Å². The molecule has 1 aromatic heterocycles. The molecule has 1 N–H and O–H groups in total. The van der Waals surface area contributed by atoms with Gasteiger partial charge in [0.05, 0.1) is 5.51 Å². The van der Waals surface area contributed by atoms with Crippen molar-refractivity contribution in [2.75, 3.05) is 6.54 Å². The van der Waals surface area contributed by atoms with Crippen LogP contribution < -0.4 is 5.32 Å². The highest BCUT2D eigenvalue weighted by Gasteiger charge is 2.41. The van der Waals surface area contributed by atoms with Gasteiger partial charge in [-0.2, -0.15) is 0 Å². The maximum absolute atomic E-state index is 4.12. The molecule has 0 spiro atoms. The highest BCUT2D eigenvalue weighted by atomic mass is 32.1. The molecule has 0 radical (unpaired) electrons. The molecule has 0 aromatic carbocycles. The van der Waals surface area contributed by atoms with Crippen LogP contribution in [0.25, 0.3) is 0 Å². The molecule has 0 saturated heterocycles. The summed E-state index contributed by atoms with van der Waals surface area (Å²) in [6, 6.07) is 0.465. The number of hydrogen-bond donors (Lipinski definition) is 1. The lowest BCUT2D eigenvalue weighted by Gasteiger charge is -2.18. The van der Waals surface area contributed by atoms with Gasteiger partial charge in [0.15, 0.2) is 0 Å². The van der Waals surface area contributed by atoms with Gasteiger partial charge in [0.25, 0.3) is 0 Å². The SMILES string of the molecule is CCCC1(CNC(C)c2cncs2)CC1. The average molecular weight is 224 g/mol. The number of thiazole rings is 1. The molecule has 1 unspecified atom stereocenters. The lowest BCUT2D eigenvalue weighted by Crippen LogP contribution is -2.26. The molecule has 3 heteroatoms. The predicted octanol–water partition coefficient (Wildman–Crippen LogP) is 3.37. The molecule has 15 heavy (non-hydrogen) atoms. The summed E-state index contributed by atoms with van der Waals surface area (Å²) in [6.45, 7) is 5.70. The Morgan fingerprint density at radius 2 is 2.40 bits per heavy atom. The van der Waals surface area contributed by atoms with Crippen molar-refractivity contribution in [3.63, 3.8) is 0 Å². The lowest BCUT2D eigenvalue weighted by molar-refractivity contribution is 0.399. The van der Waals surface area contributed by atoms with Crippen molar-refractivity contribution in [3.05, 3.63) is 16.6 Å². The number of nitrogens with zero attached hydrogens (tertiary/aromatic N) is 1. The standard InChI is InChI=1S/C12H20N2S/c1-3-4-12(5-6-12)8-14-10(2)11-7-13-9-15-11/h7,9-10,14H,3-6,8H2,1-2H3. The first-order valence-corrected chi connectivity index (χ1v) is 6.75. The fourth-order valence-electron chi connectivity index (χ4n) is 2.13. The van der Waals surface area contributed by atoms with E-state index in [1.807, 2.05) is 11.7 Å². The highest BCUT2D eigenvalue weighted by Crippen LogP contribution is 2.49. The summed E-state index contributed by atoms with van der Waals surface area (Å²) in [7, 11) is 0. The average Bonchev–Trinajstić information content (AvgIpc) is 2.81. The Hall–Kier alpha value is -0.410. The minimum Gasteiger partial charge on any atom is -0.309 e. The molecule has 1 atom stereocenters. The molecule has 2 nitrogen and oxygen atoms in total. The molecule has 2 rings (SSSR count). The molecular formula is C12H20N2S. The van der Waals surface area contributed by atoms with E-state index in [9.17, 15) is 0 Å². The van der Waals surface area contributed by atoms with Gasteiger partial charge in [-0.3, -0.25) is 4.98 Å². The molecular weight excluding hydrogens is 204 g/mol. The zero-order valence-electron chi connectivity index (χ0n) is 9.62. The Balaban J connectivity index is 1.78. The van der Waals surface area contributed by atoms with E-state index < -0.39 is 0 Å². The Kier molecular flexibility index (Phi) is 3.42. The molecule has 0 amide bonds. The van der Waals surface area contributed by atoms with Crippen LogP contribution in [-0.4, -0.2) is 11.5 Å². The van der Waals surface area contributed by atoms with Gasteiger partial charge >= 0.3 is 0 Å². The van der Waals surface area contributed by atoms with Crippen molar-refractivity contribution < 1.29 is 0 Å². The second-order valence-corrected chi connectivity index (χ2v) is 5.67. The summed E-state index contributed by atoms with van der Waals surface area (Å²) in [6.07, 6.45) is 7.51. The van der Waals surface area contributed by atoms with Crippen molar-refractivity contribution in [3.8, 4) is 0 Å². The number of nitrogens with one attached hydrogen (secondary N) is 1. The summed E-state index contributed by atoms with van der Waals surface area (Å²) in [5.41, 5.74) is 2.56. The maximum atomic E-state index is 4.12. The van der Waals surface area contributed by atoms with Gasteiger partial charge in [-0.05, 0) is 31.6 Å². The first-order valence-electron chi connectivity index (χ1n) is 5.87. The van der Waals surface area contributed by atoms with Crippen LogP contribution in [0.3, 0.4) is 0 Å². The first-order chi connectivity index (χ1) is 7.26. The minimum absolute atomic E-state index is 0.465. The molecule has 1 saturated carbocycles. The van der Waals surface area contributed by atoms with E-state index in [1.165, 1.54) is 37.1 Å². The van der Waals surface area contributed by atoms with Gasteiger partial charge in [0.1, 0.15) is 0 Å². The van der Waals surface area contributed by atoms with Gasteiger partial charge in [0, 0.05) is 23.7 Å². The van der Waals surface area contributed by atoms with Crippen LogP contribution in [0, 0.1) is 5.41 Å². The fourth-order valence-corrected chi connectivity index (χ4v) is 2.78. The lowest BCUT2D eigenvalue weighted by atomic mass is 10.0. The zero-order valence-corrected chi connectivity index (χ0v) is 10.4. The third-order valence-corrected chi connectivity index (χ3v) is 4.36. The predicted molar refractivity (Wildman–Crippen MR) is 65.1 cm³/mol. The summed E-state index contributed by atoms with van der Waals surface area (Å²) < 4.78 is 0. The third-order valence-electron chi connectivity index (χ3n) is 3.40. The van der Waals surface area contributed by atoms with E-state index in [0.717, 1.165) is 0 Å². The normalized spacial score (nSPS) is 20.1. The molecule has 1 fully saturated rings. The zero-order chi connectivity index (χ0) is 10.7. The Morgan fingerprint density at radius 1 is 1.60 bits per heavy atom. The molecule has 1 aromatic rings. The van der Waals surface area contributed by atoms with Crippen molar-refractivity contribution >= 4 is 11.3 Å². The third kappa shape index (κ3) is 2.79. The molecule has 1 heterocycles. The van der Waals surface area contributed by atoms with E-state index in [0.29, 0.717) is 11.5 Å². The molecule has 1 aliphatic carbocycles. The monoisotopic (exact) mass is 224 g/mol. The molecule has 1 aliphatic rings. The Bertz CT molecular complexity index is 291. The van der Waals surface area contributed by atoms with Gasteiger partial charge in [0.2, 0.25) is 0 Å². The number of rotatable bonds is 6. The van der Waals surface area contributed by atoms with E-state index in [4.69, 9.17) is 0 Å². The molecule has 0 bridgehead atoms. The first kappa shape index (κ1) is 11.1. The fraction of sp³-hybridized carbons (Fsp3) is 0.750. The summed E-state index contributed by atoms with van der Waals surface area (Å²) in [4.78, 5) is 5.47. The van der Waals surface area contributed by atoms with Gasteiger partial charge in [-0.15, -0.1) is 11.3 Å². The smallest absolute Gasteiger partial charge is 0.0794 e. The van der Waals surface area contributed by atoms with Gasteiger partial charge in [-0.25, -0.2) is 0 Å². The van der Waals surface area contributed by atoms with Crippen LogP contribution in [0.15, 0.2) is 11.7 Å². The van der Waals surface area contributed by atoms with E-state index in [1.54, 1.807) is 11.3 Å². The van der Waals surface area contributed by atoms with Gasteiger partial charge < -0.3 is 5.32 Å². The minimum atomic E-state index is 0.465. The molecule has 0 aliphatic heterocycles. The van der Waals surface area contributed by atoms with Crippen LogP contribution in [0.4, 0.5) is 0 Å². The van der Waals surface area contributed by atoms with E-state index in [2.05, 4.69) is 24.1 Å². The Labute approximate surface area is 96.1 Å².